The van der Waals surface area contributed by atoms with Crippen molar-refractivity contribution >= 4 is 17.5 Å². The molecule has 2 N–H and O–H groups in total. The molecule has 5 heteroatoms. The monoisotopic (exact) mass is 333 g/mol. The highest BCUT2D eigenvalue weighted by Gasteiger charge is 2.17. The molecule has 2 aromatic heterocycles. The maximum absolute atomic E-state index is 4.55. The number of rotatable bonds is 5. The van der Waals surface area contributed by atoms with Crippen LogP contribution in [-0.2, 0) is 12.0 Å². The molecule has 0 aliphatic carbocycles. The molecule has 0 bridgehead atoms. The maximum atomic E-state index is 4.55. The Hall–Kier alpha value is -2.95. The first-order chi connectivity index (χ1) is 12.0. The summed E-state index contributed by atoms with van der Waals surface area (Å²) >= 11 is 0. The zero-order valence-corrected chi connectivity index (χ0v) is 14.8. The van der Waals surface area contributed by atoms with E-state index in [1.165, 1.54) is 5.56 Å². The number of nitrogens with one attached hydrogen (secondary N) is 2. The summed E-state index contributed by atoms with van der Waals surface area (Å²) in [7, 11) is 0. The van der Waals surface area contributed by atoms with Gasteiger partial charge in [-0.25, -0.2) is 4.98 Å². The van der Waals surface area contributed by atoms with E-state index in [4.69, 9.17) is 0 Å². The lowest BCUT2D eigenvalue weighted by atomic mass is 9.86. The second kappa shape index (κ2) is 7.30. The van der Waals surface area contributed by atoms with Crippen LogP contribution in [0.5, 0.6) is 0 Å². The highest BCUT2D eigenvalue weighted by molar-refractivity contribution is 5.61. The first-order valence-corrected chi connectivity index (χ1v) is 8.36. The van der Waals surface area contributed by atoms with Crippen LogP contribution in [0.3, 0.4) is 0 Å². The maximum Gasteiger partial charge on any atom is 0.229 e. The Kier molecular flexibility index (Phi) is 4.93. The van der Waals surface area contributed by atoms with Crippen molar-refractivity contribution in [2.75, 3.05) is 10.6 Å². The molecular formula is C20H23N5. The molecule has 128 valence electrons. The van der Waals surface area contributed by atoms with Gasteiger partial charge in [-0.05, 0) is 35.2 Å². The van der Waals surface area contributed by atoms with Crippen LogP contribution in [0.25, 0.3) is 0 Å². The third-order valence-corrected chi connectivity index (χ3v) is 3.81. The smallest absolute Gasteiger partial charge is 0.229 e. The Labute approximate surface area is 148 Å². The molecule has 0 unspecified atom stereocenters. The van der Waals surface area contributed by atoms with E-state index in [1.807, 2.05) is 30.3 Å². The number of pyridine rings is 1. The molecule has 0 saturated carbocycles. The average Bonchev–Trinajstić information content (AvgIpc) is 2.61. The summed E-state index contributed by atoms with van der Waals surface area (Å²) in [4.78, 5) is 13.2. The molecule has 0 aliphatic heterocycles. The van der Waals surface area contributed by atoms with E-state index in [0.717, 1.165) is 17.2 Å². The molecule has 0 atom stereocenters. The van der Waals surface area contributed by atoms with Crippen molar-refractivity contribution in [3.8, 4) is 0 Å². The summed E-state index contributed by atoms with van der Waals surface area (Å²) < 4.78 is 0. The van der Waals surface area contributed by atoms with Crippen molar-refractivity contribution in [3.05, 3.63) is 72.2 Å². The molecule has 3 rings (SSSR count). The van der Waals surface area contributed by atoms with E-state index in [-0.39, 0.29) is 5.41 Å². The number of para-hydroxylation sites is 1. The average molecular weight is 333 g/mol. The van der Waals surface area contributed by atoms with Gasteiger partial charge in [-0.1, -0.05) is 45.0 Å². The SMILES string of the molecule is CC(C)(C)c1ccccc1Nc1nccc(NCc2ccccn2)n1. The van der Waals surface area contributed by atoms with Crippen LogP contribution in [0.15, 0.2) is 60.9 Å². The van der Waals surface area contributed by atoms with Crippen LogP contribution in [0.2, 0.25) is 0 Å². The van der Waals surface area contributed by atoms with Crippen molar-refractivity contribution in [3.63, 3.8) is 0 Å². The minimum absolute atomic E-state index is 0.0401. The summed E-state index contributed by atoms with van der Waals surface area (Å²) in [6.07, 6.45) is 3.53. The number of hydrogen-bond donors (Lipinski definition) is 2. The molecule has 5 nitrogen and oxygen atoms in total. The van der Waals surface area contributed by atoms with E-state index in [1.54, 1.807) is 12.4 Å². The lowest BCUT2D eigenvalue weighted by Crippen LogP contribution is -2.14. The Morgan fingerprint density at radius 2 is 1.68 bits per heavy atom. The largest absolute Gasteiger partial charge is 0.364 e. The van der Waals surface area contributed by atoms with Gasteiger partial charge < -0.3 is 10.6 Å². The Morgan fingerprint density at radius 3 is 2.44 bits per heavy atom. The van der Waals surface area contributed by atoms with Crippen molar-refractivity contribution in [1.29, 1.82) is 0 Å². The van der Waals surface area contributed by atoms with Crippen molar-refractivity contribution < 1.29 is 0 Å². The van der Waals surface area contributed by atoms with Gasteiger partial charge in [0.15, 0.2) is 0 Å². The molecule has 1 aromatic carbocycles. The number of aromatic nitrogens is 3. The van der Waals surface area contributed by atoms with Gasteiger partial charge in [0.1, 0.15) is 5.82 Å². The number of nitrogens with zero attached hydrogens (tertiary/aromatic N) is 3. The fraction of sp³-hybridized carbons (Fsp3) is 0.250. The molecule has 0 amide bonds. The number of anilines is 3. The second-order valence-electron chi connectivity index (χ2n) is 6.86. The second-order valence-corrected chi connectivity index (χ2v) is 6.86. The number of benzene rings is 1. The standard InChI is InChI=1S/C20H23N5/c1-20(2,3)16-9-4-5-10-17(16)24-19-22-13-11-18(25-19)23-14-15-8-6-7-12-21-15/h4-13H,14H2,1-3H3,(H2,22,23,24,25). The van der Waals surface area contributed by atoms with E-state index in [2.05, 4.69) is 64.6 Å². The molecule has 3 aromatic rings. The molecule has 0 fully saturated rings. The summed E-state index contributed by atoms with van der Waals surface area (Å²) in [5.74, 6) is 1.33. The molecule has 0 radical (unpaired) electrons. The van der Waals surface area contributed by atoms with E-state index >= 15 is 0 Å². The van der Waals surface area contributed by atoms with Gasteiger partial charge in [-0.2, -0.15) is 4.98 Å². The highest BCUT2D eigenvalue weighted by atomic mass is 15.1. The van der Waals surface area contributed by atoms with Crippen molar-refractivity contribution in [2.45, 2.75) is 32.7 Å². The van der Waals surface area contributed by atoms with E-state index < -0.39 is 0 Å². The van der Waals surface area contributed by atoms with Gasteiger partial charge in [-0.3, -0.25) is 4.98 Å². The third-order valence-electron chi connectivity index (χ3n) is 3.81. The molecule has 25 heavy (non-hydrogen) atoms. The van der Waals surface area contributed by atoms with Crippen LogP contribution in [0, 0.1) is 0 Å². The Morgan fingerprint density at radius 1 is 0.880 bits per heavy atom. The lowest BCUT2D eigenvalue weighted by Gasteiger charge is -2.23. The zero-order valence-electron chi connectivity index (χ0n) is 14.8. The van der Waals surface area contributed by atoms with Crippen LogP contribution in [0.1, 0.15) is 32.0 Å². The van der Waals surface area contributed by atoms with Crippen molar-refractivity contribution in [2.24, 2.45) is 0 Å². The quantitative estimate of drug-likeness (QED) is 0.718. The van der Waals surface area contributed by atoms with Gasteiger partial charge in [0.05, 0.1) is 12.2 Å². The fourth-order valence-electron chi connectivity index (χ4n) is 2.57. The predicted octanol–water partition coefficient (Wildman–Crippen LogP) is 4.52. The van der Waals surface area contributed by atoms with Crippen LogP contribution >= 0.6 is 0 Å². The normalized spacial score (nSPS) is 11.2. The fourth-order valence-corrected chi connectivity index (χ4v) is 2.57. The summed E-state index contributed by atoms with van der Waals surface area (Å²) in [5, 5.41) is 6.62. The first kappa shape index (κ1) is 16.9. The van der Waals surface area contributed by atoms with E-state index in [9.17, 15) is 0 Å². The van der Waals surface area contributed by atoms with Crippen LogP contribution < -0.4 is 10.6 Å². The van der Waals surface area contributed by atoms with Gasteiger partial charge in [0, 0.05) is 18.1 Å². The Balaban J connectivity index is 1.74. The van der Waals surface area contributed by atoms with E-state index in [0.29, 0.717) is 12.5 Å². The van der Waals surface area contributed by atoms with Gasteiger partial charge in [0.25, 0.3) is 0 Å². The summed E-state index contributed by atoms with van der Waals surface area (Å²) in [6.45, 7) is 7.20. The Bertz CT molecular complexity index is 825. The minimum Gasteiger partial charge on any atom is -0.364 e. The predicted molar refractivity (Wildman–Crippen MR) is 102 cm³/mol. The molecule has 0 spiro atoms. The molecule has 2 heterocycles. The zero-order chi connectivity index (χ0) is 17.7. The number of hydrogen-bond acceptors (Lipinski definition) is 5. The van der Waals surface area contributed by atoms with Gasteiger partial charge in [0.2, 0.25) is 5.95 Å². The molecule has 0 aliphatic rings. The molecule has 0 saturated heterocycles. The topological polar surface area (TPSA) is 62.7 Å². The lowest BCUT2D eigenvalue weighted by molar-refractivity contribution is 0.592. The van der Waals surface area contributed by atoms with Gasteiger partial charge >= 0.3 is 0 Å². The minimum atomic E-state index is 0.0401. The first-order valence-electron chi connectivity index (χ1n) is 8.36. The summed E-state index contributed by atoms with van der Waals surface area (Å²) in [5.41, 5.74) is 3.26. The van der Waals surface area contributed by atoms with Crippen LogP contribution in [0.4, 0.5) is 17.5 Å². The van der Waals surface area contributed by atoms with Crippen LogP contribution in [-0.4, -0.2) is 15.0 Å². The third kappa shape index (κ3) is 4.53. The van der Waals surface area contributed by atoms with Crippen molar-refractivity contribution in [1.82, 2.24) is 15.0 Å². The molecular weight excluding hydrogens is 310 g/mol. The van der Waals surface area contributed by atoms with Gasteiger partial charge in [-0.15, -0.1) is 0 Å². The highest BCUT2D eigenvalue weighted by Crippen LogP contribution is 2.30. The summed E-state index contributed by atoms with van der Waals surface area (Å²) in [6, 6.07) is 16.0.